The molecule has 3 aromatic rings. The van der Waals surface area contributed by atoms with Gasteiger partial charge in [0.1, 0.15) is 5.82 Å². The minimum atomic E-state index is 0.458. The highest BCUT2D eigenvalue weighted by Crippen LogP contribution is 2.32. The third-order valence-electron chi connectivity index (χ3n) is 5.21. The maximum atomic E-state index is 5.64. The quantitative estimate of drug-likeness (QED) is 0.719. The predicted molar refractivity (Wildman–Crippen MR) is 109 cm³/mol. The second-order valence-electron chi connectivity index (χ2n) is 7.21. The Balaban J connectivity index is 1.65. The van der Waals surface area contributed by atoms with E-state index >= 15 is 0 Å². The van der Waals surface area contributed by atoms with E-state index in [2.05, 4.69) is 39.1 Å². The fourth-order valence-electron chi connectivity index (χ4n) is 3.72. The van der Waals surface area contributed by atoms with Crippen LogP contribution in [0.2, 0.25) is 0 Å². The number of rotatable bonds is 5. The van der Waals surface area contributed by atoms with Crippen LogP contribution in [0.25, 0.3) is 22.8 Å². The molecule has 3 heterocycles. The molecular weight excluding hydrogens is 354 g/mol. The van der Waals surface area contributed by atoms with Crippen LogP contribution in [0.15, 0.2) is 41.1 Å². The Bertz CT molecular complexity index is 938. The predicted octanol–water partition coefficient (Wildman–Crippen LogP) is 3.91. The van der Waals surface area contributed by atoms with Gasteiger partial charge in [-0.25, -0.2) is 4.98 Å². The lowest BCUT2D eigenvalue weighted by atomic mass is 10.00. The number of nitrogens with two attached hydrogens (primary N) is 1. The number of anilines is 2. The number of nitrogen functional groups attached to an aromatic ring is 1. The second kappa shape index (κ2) is 7.98. The van der Waals surface area contributed by atoms with Crippen LogP contribution in [0.5, 0.6) is 0 Å². The maximum Gasteiger partial charge on any atom is 0.258 e. The molecule has 2 N–H and O–H groups in total. The Kier molecular flexibility index (Phi) is 5.25. The van der Waals surface area contributed by atoms with Crippen molar-refractivity contribution in [2.75, 3.05) is 24.3 Å². The molecule has 7 nitrogen and oxygen atoms in total. The highest BCUT2D eigenvalue weighted by Gasteiger charge is 2.22. The molecule has 1 atom stereocenters. The molecule has 0 spiro atoms. The molecule has 2 aromatic heterocycles. The number of pyridine rings is 1. The average Bonchev–Trinajstić information content (AvgIpc) is 3.20. The fourth-order valence-corrected chi connectivity index (χ4v) is 3.72. The van der Waals surface area contributed by atoms with E-state index in [-0.39, 0.29) is 0 Å². The summed E-state index contributed by atoms with van der Waals surface area (Å²) in [5, 5.41) is 4.08. The van der Waals surface area contributed by atoms with Crippen LogP contribution < -0.4 is 10.6 Å². The molecule has 0 aliphatic carbocycles. The topological polar surface area (TPSA) is 90.3 Å². The smallest absolute Gasteiger partial charge is 0.258 e. The van der Waals surface area contributed by atoms with Gasteiger partial charge in [0.2, 0.25) is 5.82 Å². The van der Waals surface area contributed by atoms with Crippen molar-refractivity contribution >= 4 is 11.5 Å². The molecule has 1 aliphatic rings. The molecule has 1 saturated heterocycles. The van der Waals surface area contributed by atoms with E-state index in [1.54, 1.807) is 19.4 Å². The maximum absolute atomic E-state index is 5.64. The number of hydrogen-bond donors (Lipinski definition) is 1. The molecule has 4 rings (SSSR count). The number of ether oxygens (including phenoxy) is 1. The lowest BCUT2D eigenvalue weighted by Crippen LogP contribution is -2.38. The van der Waals surface area contributed by atoms with E-state index in [0.717, 1.165) is 23.2 Å². The summed E-state index contributed by atoms with van der Waals surface area (Å²) in [7, 11) is 1.72. The van der Waals surface area contributed by atoms with E-state index in [4.69, 9.17) is 15.0 Å². The largest absolute Gasteiger partial charge is 0.384 e. The summed E-state index contributed by atoms with van der Waals surface area (Å²) in [4.78, 5) is 11.1. The van der Waals surface area contributed by atoms with Crippen molar-refractivity contribution in [3.8, 4) is 22.8 Å². The first kappa shape index (κ1) is 18.4. The summed E-state index contributed by atoms with van der Waals surface area (Å²) in [6.45, 7) is 3.90. The molecule has 1 fully saturated rings. The fraction of sp³-hybridized carbons (Fsp3) is 0.381. The van der Waals surface area contributed by atoms with Gasteiger partial charge >= 0.3 is 0 Å². The molecule has 7 heteroatoms. The van der Waals surface area contributed by atoms with E-state index in [0.29, 0.717) is 30.2 Å². The molecule has 0 amide bonds. The summed E-state index contributed by atoms with van der Waals surface area (Å²) in [6, 6.07) is 10.3. The Labute approximate surface area is 164 Å². The third kappa shape index (κ3) is 3.71. The molecule has 0 saturated carbocycles. The van der Waals surface area contributed by atoms with Gasteiger partial charge in [-0.2, -0.15) is 4.98 Å². The summed E-state index contributed by atoms with van der Waals surface area (Å²) < 4.78 is 11.0. The molecule has 1 aliphatic heterocycles. The standard InChI is InChI=1S/C21H25N5O2/c1-14-5-3-4-10-26(14)18-8-6-15(11-17(18)13-27-2)21-24-20(25-28-21)16-7-9-19(22)23-12-16/h6-9,11-12,14H,3-5,10,13H2,1-2H3,(H2,22,23). The number of nitrogens with zero attached hydrogens (tertiary/aromatic N) is 4. The zero-order valence-electron chi connectivity index (χ0n) is 16.3. The molecule has 1 aromatic carbocycles. The Hall–Kier alpha value is -2.93. The van der Waals surface area contributed by atoms with Gasteiger partial charge in [0.05, 0.1) is 6.61 Å². The highest BCUT2D eigenvalue weighted by atomic mass is 16.5. The van der Waals surface area contributed by atoms with Crippen molar-refractivity contribution in [3.63, 3.8) is 0 Å². The van der Waals surface area contributed by atoms with Crippen LogP contribution in [0, 0.1) is 0 Å². The Morgan fingerprint density at radius 2 is 2.07 bits per heavy atom. The number of hydrogen-bond acceptors (Lipinski definition) is 7. The molecule has 0 radical (unpaired) electrons. The number of methoxy groups -OCH3 is 1. The first-order chi connectivity index (χ1) is 13.7. The van der Waals surface area contributed by atoms with Crippen LogP contribution in [0.3, 0.4) is 0 Å². The first-order valence-electron chi connectivity index (χ1n) is 9.60. The van der Waals surface area contributed by atoms with Crippen LogP contribution in [0.1, 0.15) is 31.7 Å². The molecule has 146 valence electrons. The Morgan fingerprint density at radius 1 is 1.21 bits per heavy atom. The van der Waals surface area contributed by atoms with Crippen molar-refractivity contribution in [2.45, 2.75) is 38.8 Å². The Morgan fingerprint density at radius 3 is 2.82 bits per heavy atom. The molecule has 28 heavy (non-hydrogen) atoms. The van der Waals surface area contributed by atoms with Crippen molar-refractivity contribution in [2.24, 2.45) is 0 Å². The number of aromatic nitrogens is 3. The normalized spacial score (nSPS) is 17.1. The van der Waals surface area contributed by atoms with Crippen LogP contribution >= 0.6 is 0 Å². The molecular formula is C21H25N5O2. The van der Waals surface area contributed by atoms with Crippen molar-refractivity contribution in [1.82, 2.24) is 15.1 Å². The minimum Gasteiger partial charge on any atom is -0.384 e. The van der Waals surface area contributed by atoms with Crippen LogP contribution in [-0.4, -0.2) is 34.8 Å². The van der Waals surface area contributed by atoms with Gasteiger partial charge in [-0.1, -0.05) is 5.16 Å². The van der Waals surface area contributed by atoms with E-state index in [9.17, 15) is 0 Å². The number of piperidine rings is 1. The lowest BCUT2D eigenvalue weighted by molar-refractivity contribution is 0.185. The monoisotopic (exact) mass is 379 g/mol. The van der Waals surface area contributed by atoms with Gasteiger partial charge in [0.25, 0.3) is 5.89 Å². The summed E-state index contributed by atoms with van der Waals surface area (Å²) in [5.41, 5.74) is 9.63. The van der Waals surface area contributed by atoms with Gasteiger partial charge in [-0.05, 0) is 56.5 Å². The van der Waals surface area contributed by atoms with Crippen molar-refractivity contribution in [1.29, 1.82) is 0 Å². The first-order valence-corrected chi connectivity index (χ1v) is 9.60. The number of benzene rings is 1. The highest BCUT2D eigenvalue weighted by molar-refractivity contribution is 5.66. The summed E-state index contributed by atoms with van der Waals surface area (Å²) >= 11 is 0. The third-order valence-corrected chi connectivity index (χ3v) is 5.21. The van der Waals surface area contributed by atoms with Gasteiger partial charge in [-0.3, -0.25) is 0 Å². The zero-order valence-corrected chi connectivity index (χ0v) is 16.3. The average molecular weight is 379 g/mol. The van der Waals surface area contributed by atoms with Crippen LogP contribution in [0.4, 0.5) is 11.5 Å². The summed E-state index contributed by atoms with van der Waals surface area (Å²) in [5.74, 6) is 1.42. The van der Waals surface area contributed by atoms with E-state index in [1.165, 1.54) is 24.9 Å². The SMILES string of the molecule is COCc1cc(-c2nc(-c3ccc(N)nc3)no2)ccc1N1CCCCC1C. The van der Waals surface area contributed by atoms with Gasteiger partial charge in [0.15, 0.2) is 0 Å². The van der Waals surface area contributed by atoms with E-state index in [1.807, 2.05) is 12.1 Å². The van der Waals surface area contributed by atoms with Gasteiger partial charge in [0, 0.05) is 48.3 Å². The van der Waals surface area contributed by atoms with Crippen molar-refractivity contribution in [3.05, 3.63) is 42.1 Å². The zero-order chi connectivity index (χ0) is 19.5. The van der Waals surface area contributed by atoms with Gasteiger partial charge in [-0.15, -0.1) is 0 Å². The second-order valence-corrected chi connectivity index (χ2v) is 7.21. The molecule has 0 bridgehead atoms. The van der Waals surface area contributed by atoms with Crippen molar-refractivity contribution < 1.29 is 9.26 Å². The summed E-state index contributed by atoms with van der Waals surface area (Å²) in [6.07, 6.45) is 5.37. The molecule has 1 unspecified atom stereocenters. The minimum absolute atomic E-state index is 0.458. The van der Waals surface area contributed by atoms with E-state index < -0.39 is 0 Å². The van der Waals surface area contributed by atoms with Crippen LogP contribution in [-0.2, 0) is 11.3 Å². The van der Waals surface area contributed by atoms with Gasteiger partial charge < -0.3 is 19.9 Å². The lowest BCUT2D eigenvalue weighted by Gasteiger charge is -2.36.